The number of rotatable bonds is 1. The maximum absolute atomic E-state index is 12.9. The first-order valence-electron chi connectivity index (χ1n) is 6.37. The lowest BCUT2D eigenvalue weighted by molar-refractivity contribution is -0.143. The van der Waals surface area contributed by atoms with Crippen LogP contribution in [-0.4, -0.2) is 10.2 Å². The van der Waals surface area contributed by atoms with Gasteiger partial charge in [-0.3, -0.25) is 5.10 Å². The van der Waals surface area contributed by atoms with Crippen LogP contribution in [-0.2, 0) is 12.4 Å². The first-order chi connectivity index (χ1) is 10.6. The van der Waals surface area contributed by atoms with Crippen molar-refractivity contribution in [1.82, 2.24) is 10.2 Å². The number of halogens is 6. The molecule has 2 aromatic carbocycles. The average Bonchev–Trinajstić information content (AvgIpc) is 2.92. The summed E-state index contributed by atoms with van der Waals surface area (Å²) in [7, 11) is 0. The van der Waals surface area contributed by atoms with Gasteiger partial charge in [-0.1, -0.05) is 12.1 Å². The van der Waals surface area contributed by atoms with E-state index in [4.69, 9.17) is 0 Å². The molecule has 2 nitrogen and oxygen atoms in total. The summed E-state index contributed by atoms with van der Waals surface area (Å²) in [6.07, 6.45) is -8.23. The molecular weight excluding hydrogens is 322 g/mol. The number of fused-ring (bicyclic) bond motifs is 1. The molecule has 1 heterocycles. The number of benzene rings is 2. The van der Waals surface area contributed by atoms with Crippen molar-refractivity contribution in [3.05, 3.63) is 53.7 Å². The molecule has 1 aromatic heterocycles. The van der Waals surface area contributed by atoms with Crippen molar-refractivity contribution >= 4 is 10.9 Å². The molecule has 0 saturated carbocycles. The summed E-state index contributed by atoms with van der Waals surface area (Å²) in [5.41, 5.74) is -2.09. The summed E-state index contributed by atoms with van der Waals surface area (Å²) in [5.74, 6) is 0. The van der Waals surface area contributed by atoms with Crippen LogP contribution in [0.3, 0.4) is 0 Å². The van der Waals surface area contributed by atoms with E-state index in [0.29, 0.717) is 23.0 Å². The van der Waals surface area contributed by atoms with E-state index in [0.717, 1.165) is 0 Å². The van der Waals surface area contributed by atoms with E-state index in [9.17, 15) is 26.3 Å². The quantitative estimate of drug-likeness (QED) is 0.605. The second-order valence-electron chi connectivity index (χ2n) is 4.97. The van der Waals surface area contributed by atoms with Crippen molar-refractivity contribution in [1.29, 1.82) is 0 Å². The van der Waals surface area contributed by atoms with Crippen molar-refractivity contribution < 1.29 is 26.3 Å². The summed E-state index contributed by atoms with van der Waals surface area (Å²) in [6.45, 7) is 0. The zero-order valence-corrected chi connectivity index (χ0v) is 11.3. The van der Waals surface area contributed by atoms with Crippen LogP contribution in [0.4, 0.5) is 26.3 Å². The lowest BCUT2D eigenvalue weighted by Crippen LogP contribution is -2.11. The van der Waals surface area contributed by atoms with Gasteiger partial charge in [0.15, 0.2) is 0 Å². The Morgan fingerprint density at radius 2 is 1.35 bits per heavy atom. The Kier molecular flexibility index (Phi) is 3.35. The molecule has 0 amide bonds. The normalized spacial score (nSPS) is 12.8. The summed E-state index contributed by atoms with van der Waals surface area (Å²) in [4.78, 5) is 0. The summed E-state index contributed by atoms with van der Waals surface area (Å²) in [6, 6.07) is 5.99. The molecule has 0 aliphatic rings. The van der Waals surface area contributed by atoms with Crippen LogP contribution in [0.25, 0.3) is 22.0 Å². The summed E-state index contributed by atoms with van der Waals surface area (Å²) >= 11 is 0. The minimum absolute atomic E-state index is 0.109. The molecule has 0 bridgehead atoms. The molecule has 23 heavy (non-hydrogen) atoms. The number of aromatic amines is 1. The Labute approximate surface area is 125 Å². The lowest BCUT2D eigenvalue weighted by Gasteiger charge is -2.14. The fourth-order valence-corrected chi connectivity index (χ4v) is 2.24. The standard InChI is InChI=1S/C15H8F6N2/c16-14(17,18)11-3-10(4-12(6-11)15(19,20)21)8-1-2-9-7-22-23-13(9)5-8/h1-7H,(H,22,23). The molecule has 0 aliphatic heterocycles. The molecule has 1 N–H and O–H groups in total. The monoisotopic (exact) mass is 330 g/mol. The highest BCUT2D eigenvalue weighted by atomic mass is 19.4. The summed E-state index contributed by atoms with van der Waals surface area (Å²) < 4.78 is 77.2. The highest BCUT2D eigenvalue weighted by Crippen LogP contribution is 2.38. The highest BCUT2D eigenvalue weighted by Gasteiger charge is 2.37. The maximum Gasteiger partial charge on any atom is 0.416 e. The van der Waals surface area contributed by atoms with Crippen molar-refractivity contribution in [2.75, 3.05) is 0 Å². The predicted octanol–water partition coefficient (Wildman–Crippen LogP) is 5.27. The number of hydrogen-bond acceptors (Lipinski definition) is 1. The van der Waals surface area contributed by atoms with Gasteiger partial charge in [-0.2, -0.15) is 31.4 Å². The van der Waals surface area contributed by atoms with E-state index in [1.165, 1.54) is 18.3 Å². The Morgan fingerprint density at radius 1 is 0.739 bits per heavy atom. The molecule has 0 unspecified atom stereocenters. The number of hydrogen-bond donors (Lipinski definition) is 1. The predicted molar refractivity (Wildman–Crippen MR) is 71.5 cm³/mol. The molecule has 0 aliphatic carbocycles. The van der Waals surface area contributed by atoms with Crippen molar-refractivity contribution in [3.8, 4) is 11.1 Å². The minimum atomic E-state index is -4.87. The van der Waals surface area contributed by atoms with Gasteiger partial charge in [-0.25, -0.2) is 0 Å². The third kappa shape index (κ3) is 3.01. The fraction of sp³-hybridized carbons (Fsp3) is 0.133. The third-order valence-electron chi connectivity index (χ3n) is 3.36. The molecule has 3 rings (SSSR count). The fourth-order valence-electron chi connectivity index (χ4n) is 2.24. The van der Waals surface area contributed by atoms with Crippen LogP contribution in [0.1, 0.15) is 11.1 Å². The zero-order chi connectivity index (χ0) is 16.8. The van der Waals surface area contributed by atoms with E-state index >= 15 is 0 Å². The Bertz CT molecular complexity index is 828. The topological polar surface area (TPSA) is 28.7 Å². The van der Waals surface area contributed by atoms with Crippen molar-refractivity contribution in [2.24, 2.45) is 0 Å². The van der Waals surface area contributed by atoms with Crippen LogP contribution < -0.4 is 0 Å². The van der Waals surface area contributed by atoms with Crippen molar-refractivity contribution in [3.63, 3.8) is 0 Å². The van der Waals surface area contributed by atoms with Gasteiger partial charge in [0.1, 0.15) is 0 Å². The van der Waals surface area contributed by atoms with Crippen molar-refractivity contribution in [2.45, 2.75) is 12.4 Å². The van der Waals surface area contributed by atoms with Gasteiger partial charge >= 0.3 is 12.4 Å². The number of nitrogens with zero attached hydrogens (tertiary/aromatic N) is 1. The molecule has 0 spiro atoms. The van der Waals surface area contributed by atoms with E-state index in [2.05, 4.69) is 10.2 Å². The second kappa shape index (κ2) is 5.00. The van der Waals surface area contributed by atoms with E-state index in [-0.39, 0.29) is 17.2 Å². The number of aromatic nitrogens is 2. The van der Waals surface area contributed by atoms with Crippen LogP contribution in [0.5, 0.6) is 0 Å². The Hall–Kier alpha value is -2.51. The zero-order valence-electron chi connectivity index (χ0n) is 11.3. The molecule has 0 atom stereocenters. The Balaban J connectivity index is 2.21. The largest absolute Gasteiger partial charge is 0.416 e. The van der Waals surface area contributed by atoms with Crippen LogP contribution >= 0.6 is 0 Å². The first-order valence-corrected chi connectivity index (χ1v) is 6.37. The summed E-state index contributed by atoms with van der Waals surface area (Å²) in [5, 5.41) is 7.10. The van der Waals surface area contributed by atoms with Gasteiger partial charge in [0.25, 0.3) is 0 Å². The molecular formula is C15H8F6N2. The molecule has 0 fully saturated rings. The van der Waals surface area contributed by atoms with Gasteiger partial charge in [-0.15, -0.1) is 0 Å². The van der Waals surface area contributed by atoms with Gasteiger partial charge in [-0.05, 0) is 35.4 Å². The second-order valence-corrected chi connectivity index (χ2v) is 4.97. The van der Waals surface area contributed by atoms with Crippen LogP contribution in [0, 0.1) is 0 Å². The van der Waals surface area contributed by atoms with E-state index in [1.54, 1.807) is 6.07 Å². The molecule has 0 radical (unpaired) electrons. The smallest absolute Gasteiger partial charge is 0.278 e. The van der Waals surface area contributed by atoms with Crippen LogP contribution in [0.2, 0.25) is 0 Å². The van der Waals surface area contributed by atoms with Gasteiger partial charge in [0, 0.05) is 5.39 Å². The third-order valence-corrected chi connectivity index (χ3v) is 3.36. The maximum atomic E-state index is 12.9. The van der Waals surface area contributed by atoms with E-state index < -0.39 is 23.5 Å². The number of alkyl halides is 6. The number of H-pyrrole nitrogens is 1. The minimum Gasteiger partial charge on any atom is -0.278 e. The molecule has 120 valence electrons. The first kappa shape index (κ1) is 15.4. The van der Waals surface area contributed by atoms with E-state index in [1.807, 2.05) is 0 Å². The molecule has 8 heteroatoms. The molecule has 3 aromatic rings. The SMILES string of the molecule is FC(F)(F)c1cc(-c2ccc3cn[nH]c3c2)cc(C(F)(F)F)c1. The lowest BCUT2D eigenvalue weighted by atomic mass is 9.98. The van der Waals surface area contributed by atoms with Gasteiger partial charge in [0.05, 0.1) is 22.8 Å². The van der Waals surface area contributed by atoms with Gasteiger partial charge in [0.2, 0.25) is 0 Å². The van der Waals surface area contributed by atoms with Gasteiger partial charge < -0.3 is 0 Å². The molecule has 0 saturated heterocycles. The Morgan fingerprint density at radius 3 is 1.91 bits per heavy atom. The average molecular weight is 330 g/mol. The van der Waals surface area contributed by atoms with Crippen LogP contribution in [0.15, 0.2) is 42.6 Å². The number of nitrogens with one attached hydrogen (secondary N) is 1. The highest BCUT2D eigenvalue weighted by molar-refractivity contribution is 5.84.